The van der Waals surface area contributed by atoms with E-state index < -0.39 is 11.5 Å². The maximum Gasteiger partial charge on any atom is 0.410 e. The molecule has 4 N–H and O–H groups in total. The van der Waals surface area contributed by atoms with Gasteiger partial charge in [-0.15, -0.1) is 0 Å². The number of amides is 4. The van der Waals surface area contributed by atoms with Gasteiger partial charge in [0.25, 0.3) is 5.91 Å². The molecule has 4 amide bonds. The van der Waals surface area contributed by atoms with Gasteiger partial charge in [0, 0.05) is 52.5 Å². The van der Waals surface area contributed by atoms with Crippen LogP contribution in [0.3, 0.4) is 0 Å². The molecule has 4 rings (SSSR count). The zero-order chi connectivity index (χ0) is 29.0. The Labute approximate surface area is 234 Å². The zero-order valence-electron chi connectivity index (χ0n) is 23.9. The second-order valence-electron chi connectivity index (χ2n) is 11.5. The second-order valence-corrected chi connectivity index (χ2v) is 11.5. The standard InChI is InChI=1S/C26H40N10O4/c1-26(2,3)40-25(39)34-11-8-19(9-12-34)36-16-18(13-29-36)30-23-21(22(27)37)28-14-20(32-23)35-10-6-7-17(15-35)31-24(38)33(4)5/h13-14,16-17,19H,6-12,15H2,1-5H3,(H2,27,37)(H,30,32)(H,31,38)/t17-/m1/s1. The van der Waals surface area contributed by atoms with Crippen LogP contribution < -0.4 is 21.3 Å². The van der Waals surface area contributed by atoms with Gasteiger partial charge in [-0.3, -0.25) is 9.48 Å². The molecular weight excluding hydrogens is 516 g/mol. The number of nitrogens with two attached hydrogens (primary N) is 1. The van der Waals surface area contributed by atoms with E-state index in [1.807, 2.05) is 36.5 Å². The molecule has 0 aliphatic carbocycles. The van der Waals surface area contributed by atoms with Crippen molar-refractivity contribution < 1.29 is 19.1 Å². The van der Waals surface area contributed by atoms with Crippen LogP contribution >= 0.6 is 0 Å². The number of hydrogen-bond acceptors (Lipinski definition) is 9. The van der Waals surface area contributed by atoms with E-state index in [0.717, 1.165) is 32.2 Å². The number of aromatic nitrogens is 4. The molecule has 14 heteroatoms. The molecule has 0 unspecified atom stereocenters. The van der Waals surface area contributed by atoms with Crippen LogP contribution in [-0.4, -0.2) is 99.5 Å². The van der Waals surface area contributed by atoms with E-state index in [1.54, 1.807) is 25.2 Å². The van der Waals surface area contributed by atoms with Crippen molar-refractivity contribution >= 4 is 35.4 Å². The first kappa shape index (κ1) is 28.9. The lowest BCUT2D eigenvalue weighted by molar-refractivity contribution is 0.0184. The Morgan fingerprint density at radius 3 is 2.48 bits per heavy atom. The van der Waals surface area contributed by atoms with E-state index in [0.29, 0.717) is 31.1 Å². The van der Waals surface area contributed by atoms with Crippen molar-refractivity contribution in [1.29, 1.82) is 0 Å². The Hall–Kier alpha value is -4.10. The highest BCUT2D eigenvalue weighted by molar-refractivity contribution is 5.96. The normalized spacial score (nSPS) is 18.3. The Balaban J connectivity index is 1.42. The first-order valence-electron chi connectivity index (χ1n) is 13.6. The van der Waals surface area contributed by atoms with E-state index in [2.05, 4.69) is 25.7 Å². The third-order valence-corrected chi connectivity index (χ3v) is 6.83. The summed E-state index contributed by atoms with van der Waals surface area (Å²) in [6.45, 7) is 8.04. The van der Waals surface area contributed by atoms with Gasteiger partial charge in [-0.25, -0.2) is 19.6 Å². The molecule has 2 aromatic heterocycles. The average Bonchev–Trinajstić information content (AvgIpc) is 3.36. The molecule has 0 bridgehead atoms. The number of primary amides is 1. The molecule has 2 saturated heterocycles. The number of ether oxygens (including phenoxy) is 1. The molecule has 1 atom stereocenters. The van der Waals surface area contributed by atoms with E-state index >= 15 is 0 Å². The summed E-state index contributed by atoms with van der Waals surface area (Å²) in [5, 5.41) is 10.7. The molecule has 2 aliphatic rings. The molecule has 40 heavy (non-hydrogen) atoms. The summed E-state index contributed by atoms with van der Waals surface area (Å²) in [5.41, 5.74) is 5.72. The predicted molar refractivity (Wildman–Crippen MR) is 150 cm³/mol. The number of hydrogen-bond donors (Lipinski definition) is 3. The number of carbonyl (C=O) groups excluding carboxylic acids is 3. The number of urea groups is 1. The summed E-state index contributed by atoms with van der Waals surface area (Å²) in [4.78, 5) is 50.9. The third kappa shape index (κ3) is 7.30. The van der Waals surface area contributed by atoms with Crippen molar-refractivity contribution in [1.82, 2.24) is 34.9 Å². The van der Waals surface area contributed by atoms with Gasteiger partial charge in [-0.1, -0.05) is 0 Å². The summed E-state index contributed by atoms with van der Waals surface area (Å²) in [6, 6.07) is -0.0561. The van der Waals surface area contributed by atoms with Crippen molar-refractivity contribution in [2.45, 2.75) is 64.1 Å². The first-order chi connectivity index (χ1) is 18.9. The molecule has 2 fully saturated rings. The molecular formula is C26H40N10O4. The topological polar surface area (TPSA) is 164 Å². The fraction of sp³-hybridized carbons (Fsp3) is 0.615. The fourth-order valence-electron chi connectivity index (χ4n) is 4.78. The number of anilines is 3. The smallest absolute Gasteiger partial charge is 0.410 e. The lowest BCUT2D eigenvalue weighted by Crippen LogP contribution is -2.50. The van der Waals surface area contributed by atoms with Crippen LogP contribution in [0, 0.1) is 0 Å². The molecule has 0 spiro atoms. The number of carbonyl (C=O) groups is 3. The van der Waals surface area contributed by atoms with Gasteiger partial charge in [0.05, 0.1) is 24.1 Å². The highest BCUT2D eigenvalue weighted by atomic mass is 16.6. The molecule has 4 heterocycles. The summed E-state index contributed by atoms with van der Waals surface area (Å²) >= 11 is 0. The Morgan fingerprint density at radius 1 is 1.10 bits per heavy atom. The minimum Gasteiger partial charge on any atom is -0.444 e. The lowest BCUT2D eigenvalue weighted by Gasteiger charge is -2.34. The van der Waals surface area contributed by atoms with Crippen LogP contribution in [0.1, 0.15) is 63.0 Å². The van der Waals surface area contributed by atoms with Gasteiger partial charge in [-0.05, 0) is 46.5 Å². The summed E-state index contributed by atoms with van der Waals surface area (Å²) in [5.74, 6) is 0.125. The third-order valence-electron chi connectivity index (χ3n) is 6.83. The summed E-state index contributed by atoms with van der Waals surface area (Å²) in [7, 11) is 3.41. The SMILES string of the molecule is CN(C)C(=O)N[C@@H]1CCCN(c2cnc(C(N)=O)c(Nc3cnn(C4CCN(C(=O)OC(C)(C)C)CC4)c3)n2)C1. The van der Waals surface area contributed by atoms with Crippen molar-refractivity contribution in [3.63, 3.8) is 0 Å². The van der Waals surface area contributed by atoms with Crippen LogP contribution in [0.2, 0.25) is 0 Å². The second kappa shape index (κ2) is 12.0. The number of likely N-dealkylation sites (tertiary alicyclic amines) is 1. The van der Waals surface area contributed by atoms with Gasteiger partial charge in [0.1, 0.15) is 11.4 Å². The van der Waals surface area contributed by atoms with Gasteiger partial charge in [0.2, 0.25) is 0 Å². The minimum atomic E-state index is -0.696. The zero-order valence-corrected chi connectivity index (χ0v) is 23.9. The minimum absolute atomic E-state index is 0.0247. The number of rotatable bonds is 6. The quantitative estimate of drug-likeness (QED) is 0.484. The molecule has 14 nitrogen and oxygen atoms in total. The summed E-state index contributed by atoms with van der Waals surface area (Å²) < 4.78 is 7.34. The van der Waals surface area contributed by atoms with E-state index in [4.69, 9.17) is 10.5 Å². The lowest BCUT2D eigenvalue weighted by atomic mass is 10.1. The highest BCUT2D eigenvalue weighted by Gasteiger charge is 2.28. The van der Waals surface area contributed by atoms with Crippen LogP contribution in [0.15, 0.2) is 18.6 Å². The molecule has 0 saturated carbocycles. The monoisotopic (exact) mass is 556 g/mol. The van der Waals surface area contributed by atoms with Gasteiger partial charge < -0.3 is 35.8 Å². The first-order valence-corrected chi connectivity index (χ1v) is 13.6. The van der Waals surface area contributed by atoms with Crippen LogP contribution in [0.5, 0.6) is 0 Å². The fourth-order valence-corrected chi connectivity index (χ4v) is 4.78. The molecule has 0 aromatic carbocycles. The number of nitrogens with one attached hydrogen (secondary N) is 2. The maximum atomic E-state index is 12.4. The predicted octanol–water partition coefficient (Wildman–Crippen LogP) is 2.33. The van der Waals surface area contributed by atoms with Crippen molar-refractivity contribution in [2.75, 3.05) is 50.5 Å². The van der Waals surface area contributed by atoms with Crippen LogP contribution in [0.25, 0.3) is 0 Å². The highest BCUT2D eigenvalue weighted by Crippen LogP contribution is 2.27. The van der Waals surface area contributed by atoms with Crippen molar-refractivity contribution in [3.05, 3.63) is 24.3 Å². The molecule has 0 radical (unpaired) electrons. The average molecular weight is 557 g/mol. The molecule has 218 valence electrons. The van der Waals surface area contributed by atoms with Crippen molar-refractivity contribution in [2.24, 2.45) is 5.73 Å². The number of nitrogens with zero attached hydrogens (tertiary/aromatic N) is 7. The molecule has 2 aromatic rings. The Morgan fingerprint density at radius 2 is 1.82 bits per heavy atom. The number of piperidine rings is 2. The van der Waals surface area contributed by atoms with Crippen LogP contribution in [-0.2, 0) is 4.74 Å². The summed E-state index contributed by atoms with van der Waals surface area (Å²) in [6.07, 6.45) is 7.96. The van der Waals surface area contributed by atoms with Gasteiger partial charge in [-0.2, -0.15) is 5.10 Å². The largest absolute Gasteiger partial charge is 0.444 e. The van der Waals surface area contributed by atoms with Crippen molar-refractivity contribution in [3.8, 4) is 0 Å². The van der Waals surface area contributed by atoms with E-state index in [1.165, 1.54) is 11.1 Å². The van der Waals surface area contributed by atoms with Gasteiger partial charge in [0.15, 0.2) is 11.5 Å². The van der Waals surface area contributed by atoms with E-state index in [-0.39, 0.29) is 35.7 Å². The Bertz CT molecular complexity index is 1220. The van der Waals surface area contributed by atoms with E-state index in [9.17, 15) is 14.4 Å². The Kier molecular flexibility index (Phi) is 8.64. The molecule has 2 aliphatic heterocycles. The van der Waals surface area contributed by atoms with Gasteiger partial charge >= 0.3 is 12.1 Å². The van der Waals surface area contributed by atoms with Crippen LogP contribution in [0.4, 0.5) is 26.9 Å². The maximum absolute atomic E-state index is 12.4.